The lowest BCUT2D eigenvalue weighted by molar-refractivity contribution is -0.216. The van der Waals surface area contributed by atoms with Crippen molar-refractivity contribution in [2.45, 2.75) is 44.1 Å². The van der Waals surface area contributed by atoms with Crippen molar-refractivity contribution in [3.05, 3.63) is 82.9 Å². The molecule has 0 saturated carbocycles. The second-order valence-corrected chi connectivity index (χ2v) is 7.94. The number of carbonyl (C=O) groups excluding carboxylic acids is 1. The van der Waals surface area contributed by atoms with Crippen LogP contribution in [0, 0.1) is 11.8 Å². The Balaban J connectivity index is 1.75. The second-order valence-electron chi connectivity index (χ2n) is 7.94. The number of carbonyl (C=O) groups is 1. The van der Waals surface area contributed by atoms with Crippen LogP contribution in [0.3, 0.4) is 0 Å². The molecule has 26 heavy (non-hydrogen) atoms. The van der Waals surface area contributed by atoms with E-state index in [0.717, 1.165) is 18.4 Å². The number of rotatable bonds is 2. The van der Waals surface area contributed by atoms with Gasteiger partial charge in [-0.2, -0.15) is 0 Å². The van der Waals surface area contributed by atoms with Gasteiger partial charge in [-0.3, -0.25) is 4.79 Å². The number of fused-ring (bicyclic) bond motifs is 2. The normalized spacial score (nSPS) is 33.0. The van der Waals surface area contributed by atoms with Crippen molar-refractivity contribution in [1.82, 2.24) is 0 Å². The van der Waals surface area contributed by atoms with Gasteiger partial charge < -0.3 is 4.74 Å². The Morgan fingerprint density at radius 1 is 0.923 bits per heavy atom. The zero-order chi connectivity index (χ0) is 17.7. The third kappa shape index (κ3) is 2.02. The summed E-state index contributed by atoms with van der Waals surface area (Å²) in [7, 11) is 0. The Kier molecular flexibility index (Phi) is 3.56. The molecule has 2 nitrogen and oxygen atoms in total. The fourth-order valence-corrected chi connectivity index (χ4v) is 5.66. The van der Waals surface area contributed by atoms with Crippen LogP contribution in [0.1, 0.15) is 49.7 Å². The van der Waals surface area contributed by atoms with E-state index in [1.807, 2.05) is 12.1 Å². The Morgan fingerprint density at radius 3 is 2.27 bits per heavy atom. The van der Waals surface area contributed by atoms with Gasteiger partial charge in [0.1, 0.15) is 5.92 Å². The molecule has 5 rings (SSSR count). The van der Waals surface area contributed by atoms with E-state index >= 15 is 0 Å². The summed E-state index contributed by atoms with van der Waals surface area (Å²) in [4.78, 5) is 12.8. The molecule has 2 aliphatic carbocycles. The molecule has 0 unspecified atom stereocenters. The summed E-state index contributed by atoms with van der Waals surface area (Å²) in [6, 6.07) is 21.0. The molecule has 3 aliphatic rings. The fourth-order valence-electron chi connectivity index (χ4n) is 5.66. The molecule has 0 amide bonds. The molecule has 0 N–H and O–H groups in total. The first-order chi connectivity index (χ1) is 12.7. The van der Waals surface area contributed by atoms with Crippen LogP contribution in [0.25, 0.3) is 0 Å². The molecule has 1 saturated heterocycles. The van der Waals surface area contributed by atoms with Crippen molar-refractivity contribution in [3.63, 3.8) is 0 Å². The van der Waals surface area contributed by atoms with Crippen LogP contribution < -0.4 is 0 Å². The maximum absolute atomic E-state index is 12.8. The number of ether oxygens (including phenoxy) is 1. The van der Waals surface area contributed by atoms with Gasteiger partial charge in [-0.1, -0.05) is 73.2 Å². The van der Waals surface area contributed by atoms with E-state index in [4.69, 9.17) is 4.74 Å². The van der Waals surface area contributed by atoms with Gasteiger partial charge in [0.25, 0.3) is 0 Å². The predicted molar refractivity (Wildman–Crippen MR) is 102 cm³/mol. The van der Waals surface area contributed by atoms with Crippen molar-refractivity contribution in [1.29, 1.82) is 0 Å². The SMILES string of the molecule is C[C@H]1C2=C(CCCC2)[C@@]2(c3ccccc3)OC(=O)[C@H]2[C@@H]1c1ccccc1. The van der Waals surface area contributed by atoms with Crippen molar-refractivity contribution in [2.24, 2.45) is 11.8 Å². The summed E-state index contributed by atoms with van der Waals surface area (Å²) in [5, 5.41) is 0. The smallest absolute Gasteiger partial charge is 0.315 e. The van der Waals surface area contributed by atoms with E-state index < -0.39 is 5.60 Å². The summed E-state index contributed by atoms with van der Waals surface area (Å²) in [5.74, 6) is 0.433. The van der Waals surface area contributed by atoms with Crippen molar-refractivity contribution in [2.75, 3.05) is 0 Å². The average Bonchev–Trinajstić information content (AvgIpc) is 2.70. The lowest BCUT2D eigenvalue weighted by atomic mass is 9.53. The van der Waals surface area contributed by atoms with Crippen molar-refractivity contribution in [3.8, 4) is 0 Å². The van der Waals surface area contributed by atoms with Crippen LogP contribution in [-0.4, -0.2) is 5.97 Å². The highest BCUT2D eigenvalue weighted by Gasteiger charge is 2.66. The number of allylic oxidation sites excluding steroid dienone is 1. The lowest BCUT2D eigenvalue weighted by Crippen LogP contribution is -2.62. The number of hydrogen-bond donors (Lipinski definition) is 0. The van der Waals surface area contributed by atoms with Crippen LogP contribution in [0.15, 0.2) is 71.8 Å². The first-order valence-electron chi connectivity index (χ1n) is 9.79. The number of hydrogen-bond acceptors (Lipinski definition) is 2. The first-order valence-corrected chi connectivity index (χ1v) is 9.79. The largest absolute Gasteiger partial charge is 0.448 e. The predicted octanol–water partition coefficient (Wildman–Crippen LogP) is 5.36. The van der Waals surface area contributed by atoms with Gasteiger partial charge in [-0.15, -0.1) is 0 Å². The maximum Gasteiger partial charge on any atom is 0.315 e. The van der Waals surface area contributed by atoms with Crippen LogP contribution in [0.5, 0.6) is 0 Å². The summed E-state index contributed by atoms with van der Waals surface area (Å²) < 4.78 is 6.09. The zero-order valence-corrected chi connectivity index (χ0v) is 15.2. The summed E-state index contributed by atoms with van der Waals surface area (Å²) in [5.41, 5.74) is 4.81. The minimum Gasteiger partial charge on any atom is -0.448 e. The molecule has 132 valence electrons. The molecule has 0 bridgehead atoms. The van der Waals surface area contributed by atoms with Crippen LogP contribution >= 0.6 is 0 Å². The molecule has 0 aromatic heterocycles. The van der Waals surface area contributed by atoms with Crippen molar-refractivity contribution >= 4 is 5.97 Å². The molecule has 1 heterocycles. The molecule has 2 aromatic rings. The minimum absolute atomic E-state index is 0.0355. The molecule has 2 aromatic carbocycles. The molecule has 1 fully saturated rings. The Hall–Kier alpha value is -2.35. The topological polar surface area (TPSA) is 26.3 Å². The molecule has 2 heteroatoms. The molecule has 4 atom stereocenters. The minimum atomic E-state index is -0.541. The summed E-state index contributed by atoms with van der Waals surface area (Å²) in [6.07, 6.45) is 4.63. The first kappa shape index (κ1) is 15.9. The summed E-state index contributed by atoms with van der Waals surface area (Å²) in [6.45, 7) is 2.32. The molecule has 1 aliphatic heterocycles. The van der Waals surface area contributed by atoms with Gasteiger partial charge >= 0.3 is 5.97 Å². The second kappa shape index (κ2) is 5.84. The third-order valence-corrected chi connectivity index (χ3v) is 6.75. The van der Waals surface area contributed by atoms with E-state index in [-0.39, 0.29) is 17.8 Å². The highest BCUT2D eigenvalue weighted by Crippen LogP contribution is 2.63. The molecular formula is C24H24O2. The lowest BCUT2D eigenvalue weighted by Gasteiger charge is -2.58. The van der Waals surface area contributed by atoms with Crippen molar-refractivity contribution < 1.29 is 9.53 Å². The van der Waals surface area contributed by atoms with Gasteiger partial charge in [0, 0.05) is 11.5 Å². The highest BCUT2D eigenvalue weighted by molar-refractivity contribution is 5.85. The molecular weight excluding hydrogens is 320 g/mol. The quantitative estimate of drug-likeness (QED) is 0.541. The number of esters is 1. The average molecular weight is 344 g/mol. The fraction of sp³-hybridized carbons (Fsp3) is 0.375. The van der Waals surface area contributed by atoms with Gasteiger partial charge in [0.05, 0.1) is 0 Å². The van der Waals surface area contributed by atoms with Gasteiger partial charge in [0.2, 0.25) is 0 Å². The van der Waals surface area contributed by atoms with Crippen LogP contribution in [-0.2, 0) is 15.1 Å². The van der Waals surface area contributed by atoms with E-state index in [9.17, 15) is 4.79 Å². The number of benzene rings is 2. The highest BCUT2D eigenvalue weighted by atomic mass is 16.6. The van der Waals surface area contributed by atoms with E-state index in [1.165, 1.54) is 29.6 Å². The van der Waals surface area contributed by atoms with Crippen LogP contribution in [0.2, 0.25) is 0 Å². The van der Waals surface area contributed by atoms with E-state index in [2.05, 4.69) is 55.5 Å². The third-order valence-electron chi connectivity index (χ3n) is 6.75. The summed E-state index contributed by atoms with van der Waals surface area (Å²) >= 11 is 0. The van der Waals surface area contributed by atoms with E-state index in [1.54, 1.807) is 0 Å². The standard InChI is InChI=1S/C24H24O2/c1-16-19-14-8-9-15-20(19)24(18-12-6-3-7-13-18)22(23(25)26-24)21(16)17-10-4-2-5-11-17/h2-7,10-13,16,21-22H,8-9,14-15H2,1H3/t16-,21-,22+,24+/m0/s1. The van der Waals surface area contributed by atoms with Gasteiger partial charge in [0.15, 0.2) is 5.60 Å². The van der Waals surface area contributed by atoms with Crippen LogP contribution in [0.4, 0.5) is 0 Å². The Morgan fingerprint density at radius 2 is 1.58 bits per heavy atom. The van der Waals surface area contributed by atoms with Gasteiger partial charge in [-0.25, -0.2) is 0 Å². The monoisotopic (exact) mass is 344 g/mol. The van der Waals surface area contributed by atoms with E-state index in [0.29, 0.717) is 5.92 Å². The molecule has 0 radical (unpaired) electrons. The Bertz CT molecular complexity index is 868. The maximum atomic E-state index is 12.8. The Labute approximate surface area is 154 Å². The zero-order valence-electron chi connectivity index (χ0n) is 15.2. The molecule has 0 spiro atoms. The van der Waals surface area contributed by atoms with Gasteiger partial charge in [-0.05, 0) is 42.7 Å².